The molecule has 0 saturated carbocycles. The van der Waals surface area contributed by atoms with Gasteiger partial charge in [0, 0.05) is 40.5 Å². The van der Waals surface area contributed by atoms with Crippen molar-refractivity contribution in [1.82, 2.24) is 15.0 Å². The SMILES string of the molecule is CC(C)[Si](C(C)C)(C(C)C)C(c1c[nH]c2ncccc12)C(O)c1ccc(NCc2ccccc2Cl)nc1F. The van der Waals surface area contributed by atoms with E-state index in [2.05, 4.69) is 61.8 Å². The van der Waals surface area contributed by atoms with E-state index in [0.29, 0.717) is 34.0 Å². The number of fused-ring (bicyclic) bond motifs is 1. The number of aromatic nitrogens is 3. The molecule has 0 spiro atoms. The number of H-pyrrole nitrogens is 1. The minimum Gasteiger partial charge on any atom is -0.388 e. The van der Waals surface area contributed by atoms with E-state index in [1.807, 2.05) is 42.6 Å². The van der Waals surface area contributed by atoms with Crippen LogP contribution >= 0.6 is 11.6 Å². The molecule has 0 amide bonds. The van der Waals surface area contributed by atoms with Crippen molar-refractivity contribution in [1.29, 1.82) is 0 Å². The summed E-state index contributed by atoms with van der Waals surface area (Å²) in [6, 6.07) is 14.9. The molecule has 1 aromatic carbocycles. The number of nitrogens with zero attached hydrogens (tertiary/aromatic N) is 2. The van der Waals surface area contributed by atoms with E-state index in [-0.39, 0.29) is 11.1 Å². The molecule has 0 aliphatic carbocycles. The van der Waals surface area contributed by atoms with Crippen molar-refractivity contribution in [2.75, 3.05) is 5.32 Å². The minimum atomic E-state index is -2.35. The number of nitrogens with one attached hydrogen (secondary N) is 2. The summed E-state index contributed by atoms with van der Waals surface area (Å²) in [6.45, 7) is 14.0. The number of rotatable bonds is 10. The highest BCUT2D eigenvalue weighted by Crippen LogP contribution is 2.55. The van der Waals surface area contributed by atoms with Crippen molar-refractivity contribution in [2.24, 2.45) is 0 Å². The highest BCUT2D eigenvalue weighted by Gasteiger charge is 2.53. The summed E-state index contributed by atoms with van der Waals surface area (Å²) < 4.78 is 15.7. The van der Waals surface area contributed by atoms with E-state index in [1.54, 1.807) is 18.3 Å². The van der Waals surface area contributed by atoms with Crippen LogP contribution in [0, 0.1) is 5.95 Å². The molecule has 2 atom stereocenters. The number of hydrogen-bond donors (Lipinski definition) is 3. The Labute approximate surface area is 230 Å². The number of anilines is 1. The Bertz CT molecular complexity index is 1370. The Hall–Kier alpha value is -2.74. The molecule has 0 aliphatic heterocycles. The third kappa shape index (κ3) is 5.11. The Morgan fingerprint density at radius 1 is 0.947 bits per heavy atom. The molecular weight excluding hydrogens is 515 g/mol. The number of aliphatic hydroxyl groups excluding tert-OH is 1. The largest absolute Gasteiger partial charge is 0.388 e. The summed E-state index contributed by atoms with van der Waals surface area (Å²) in [6.07, 6.45) is 2.66. The molecule has 2 unspecified atom stereocenters. The maximum absolute atomic E-state index is 15.7. The predicted molar refractivity (Wildman–Crippen MR) is 158 cm³/mol. The van der Waals surface area contributed by atoms with Crippen LogP contribution in [0.1, 0.15) is 69.9 Å². The van der Waals surface area contributed by atoms with Gasteiger partial charge in [-0.15, -0.1) is 0 Å². The van der Waals surface area contributed by atoms with Crippen LogP contribution in [0.4, 0.5) is 10.2 Å². The predicted octanol–water partition coefficient (Wildman–Crippen LogP) is 8.40. The number of pyridine rings is 2. The number of hydrogen-bond acceptors (Lipinski definition) is 4. The lowest BCUT2D eigenvalue weighted by molar-refractivity contribution is 0.160. The van der Waals surface area contributed by atoms with Crippen molar-refractivity contribution >= 4 is 36.5 Å². The normalized spacial score (nSPS) is 14.0. The Morgan fingerprint density at radius 2 is 1.63 bits per heavy atom. The molecule has 8 heteroatoms. The van der Waals surface area contributed by atoms with Gasteiger partial charge in [0.1, 0.15) is 11.5 Å². The Morgan fingerprint density at radius 3 is 2.26 bits per heavy atom. The Kier molecular flexibility index (Phi) is 8.60. The molecule has 0 fully saturated rings. The standard InChI is InChI=1S/C30H38ClFN4OSi/c1-18(2)38(19(3)4,20(5)6)28(24-17-35-30-22(24)11-9-15-33-30)27(37)23-13-14-26(36-29(23)32)34-16-21-10-7-8-12-25(21)31/h7-15,17-20,27-28,37H,16H2,1-6H3,(H,33,35)(H,34,36). The Balaban J connectivity index is 1.78. The molecule has 202 valence electrons. The average Bonchev–Trinajstić information content (AvgIpc) is 3.29. The number of aromatic amines is 1. The first-order valence-electron chi connectivity index (χ1n) is 13.3. The van der Waals surface area contributed by atoms with Crippen LogP contribution in [0.25, 0.3) is 11.0 Å². The average molecular weight is 553 g/mol. The fourth-order valence-electron chi connectivity index (χ4n) is 6.80. The van der Waals surface area contributed by atoms with Crippen LogP contribution in [0.5, 0.6) is 0 Å². The summed E-state index contributed by atoms with van der Waals surface area (Å²) >= 11 is 6.26. The highest BCUT2D eigenvalue weighted by molar-refractivity contribution is 6.85. The maximum Gasteiger partial charge on any atom is 0.220 e. The van der Waals surface area contributed by atoms with Gasteiger partial charge in [0.25, 0.3) is 0 Å². The van der Waals surface area contributed by atoms with Gasteiger partial charge in [0.15, 0.2) is 0 Å². The molecule has 3 heterocycles. The van der Waals surface area contributed by atoms with E-state index in [0.717, 1.165) is 22.2 Å². The van der Waals surface area contributed by atoms with Gasteiger partial charge in [-0.1, -0.05) is 71.3 Å². The number of benzene rings is 1. The quantitative estimate of drug-likeness (QED) is 0.136. The molecule has 0 saturated heterocycles. The highest BCUT2D eigenvalue weighted by atomic mass is 35.5. The molecule has 0 bridgehead atoms. The molecule has 3 N–H and O–H groups in total. The zero-order chi connectivity index (χ0) is 27.6. The van der Waals surface area contributed by atoms with Gasteiger partial charge in [-0.25, -0.2) is 9.97 Å². The van der Waals surface area contributed by atoms with Crippen molar-refractivity contribution < 1.29 is 9.50 Å². The molecule has 5 nitrogen and oxygen atoms in total. The molecule has 0 radical (unpaired) electrons. The third-order valence-electron chi connectivity index (χ3n) is 8.29. The van der Waals surface area contributed by atoms with Crippen molar-refractivity contribution in [3.63, 3.8) is 0 Å². The van der Waals surface area contributed by atoms with E-state index in [9.17, 15) is 5.11 Å². The van der Waals surface area contributed by atoms with Crippen LogP contribution in [-0.4, -0.2) is 28.1 Å². The summed E-state index contributed by atoms with van der Waals surface area (Å²) in [5.74, 6) is -0.268. The van der Waals surface area contributed by atoms with Gasteiger partial charge in [-0.3, -0.25) is 0 Å². The lowest BCUT2D eigenvalue weighted by Crippen LogP contribution is -2.52. The second-order valence-electron chi connectivity index (χ2n) is 11.1. The number of halogens is 2. The maximum atomic E-state index is 15.7. The lowest BCUT2D eigenvalue weighted by atomic mass is 10.0. The summed E-state index contributed by atoms with van der Waals surface area (Å²) in [5, 5.41) is 16.9. The molecule has 4 rings (SSSR count). The first kappa shape index (κ1) is 28.3. The van der Waals surface area contributed by atoms with Gasteiger partial charge in [-0.05, 0) is 58.1 Å². The van der Waals surface area contributed by atoms with Crippen LogP contribution in [0.2, 0.25) is 21.6 Å². The number of aliphatic hydroxyl groups is 1. The monoisotopic (exact) mass is 552 g/mol. The minimum absolute atomic E-state index is 0.218. The lowest BCUT2D eigenvalue weighted by Gasteiger charge is -2.50. The van der Waals surface area contributed by atoms with E-state index in [1.165, 1.54) is 0 Å². The molecule has 0 aliphatic rings. The second kappa shape index (κ2) is 11.6. The van der Waals surface area contributed by atoms with E-state index < -0.39 is 20.1 Å². The smallest absolute Gasteiger partial charge is 0.220 e. The topological polar surface area (TPSA) is 73.8 Å². The van der Waals surface area contributed by atoms with Gasteiger partial charge < -0.3 is 15.4 Å². The first-order valence-corrected chi connectivity index (χ1v) is 16.0. The third-order valence-corrected chi connectivity index (χ3v) is 16.4. The molecule has 3 aromatic heterocycles. The van der Waals surface area contributed by atoms with Crippen LogP contribution in [-0.2, 0) is 6.54 Å². The summed E-state index contributed by atoms with van der Waals surface area (Å²) in [5.41, 5.74) is 3.66. The van der Waals surface area contributed by atoms with Gasteiger partial charge >= 0.3 is 0 Å². The first-order chi connectivity index (χ1) is 18.1. The summed E-state index contributed by atoms with van der Waals surface area (Å²) in [4.78, 5) is 12.0. The summed E-state index contributed by atoms with van der Waals surface area (Å²) in [7, 11) is -2.35. The van der Waals surface area contributed by atoms with Crippen LogP contribution in [0.15, 0.2) is 60.9 Å². The fraction of sp³-hybridized carbons (Fsp3) is 0.400. The molecular formula is C30H38ClFN4OSi. The second-order valence-corrected chi connectivity index (χ2v) is 17.5. The zero-order valence-electron chi connectivity index (χ0n) is 23.0. The van der Waals surface area contributed by atoms with E-state index >= 15 is 4.39 Å². The van der Waals surface area contributed by atoms with Gasteiger partial charge in [0.05, 0.1) is 14.2 Å². The molecule has 4 aromatic rings. The van der Waals surface area contributed by atoms with Crippen molar-refractivity contribution in [3.8, 4) is 0 Å². The zero-order valence-corrected chi connectivity index (χ0v) is 24.7. The van der Waals surface area contributed by atoms with Gasteiger partial charge in [0.2, 0.25) is 5.95 Å². The fourth-order valence-corrected chi connectivity index (χ4v) is 14.7. The van der Waals surface area contributed by atoms with Gasteiger partial charge in [-0.2, -0.15) is 4.39 Å². The van der Waals surface area contributed by atoms with E-state index in [4.69, 9.17) is 11.6 Å². The molecule has 38 heavy (non-hydrogen) atoms. The van der Waals surface area contributed by atoms with Crippen molar-refractivity contribution in [2.45, 2.75) is 76.4 Å². The van der Waals surface area contributed by atoms with Crippen LogP contribution in [0.3, 0.4) is 0 Å². The van der Waals surface area contributed by atoms with Crippen LogP contribution < -0.4 is 5.32 Å². The van der Waals surface area contributed by atoms with Crippen molar-refractivity contribution in [3.05, 3.63) is 88.6 Å².